The number of hydrogen-bond acceptors (Lipinski definition) is 4. The summed E-state index contributed by atoms with van der Waals surface area (Å²) in [6, 6.07) is 9.65. The number of likely N-dealkylation sites (tertiary alicyclic amines) is 1. The van der Waals surface area contributed by atoms with E-state index in [-0.39, 0.29) is 11.8 Å². The molecule has 6 heteroatoms. The molecule has 2 amide bonds. The van der Waals surface area contributed by atoms with E-state index in [1.54, 1.807) is 4.90 Å². The summed E-state index contributed by atoms with van der Waals surface area (Å²) in [5.41, 5.74) is 1.00. The number of nitrogens with zero attached hydrogens (tertiary/aromatic N) is 1. The lowest BCUT2D eigenvalue weighted by Gasteiger charge is -2.16. The minimum atomic E-state index is -0.591. The third-order valence-electron chi connectivity index (χ3n) is 4.69. The van der Waals surface area contributed by atoms with Crippen molar-refractivity contribution in [2.45, 2.75) is 20.3 Å². The van der Waals surface area contributed by atoms with Gasteiger partial charge in [0, 0.05) is 26.2 Å². The van der Waals surface area contributed by atoms with Crippen molar-refractivity contribution in [2.75, 3.05) is 33.2 Å². The van der Waals surface area contributed by atoms with Gasteiger partial charge in [-0.3, -0.25) is 14.4 Å². The van der Waals surface area contributed by atoms with E-state index in [9.17, 15) is 14.4 Å². The van der Waals surface area contributed by atoms with Gasteiger partial charge in [-0.25, -0.2) is 0 Å². The fraction of sp³-hybridized carbons (Fsp3) is 0.550. The lowest BCUT2D eigenvalue weighted by Crippen LogP contribution is -2.40. The predicted molar refractivity (Wildman–Crippen MR) is 100 cm³/mol. The molecule has 0 aliphatic carbocycles. The fourth-order valence-electron chi connectivity index (χ4n) is 3.23. The van der Waals surface area contributed by atoms with E-state index in [0.717, 1.165) is 5.56 Å². The number of amides is 2. The number of Topliss-reactive ketones (excluding diaryl/α,β-unsaturated/α-hetero) is 1. The summed E-state index contributed by atoms with van der Waals surface area (Å²) in [6.07, 6.45) is 0.476. The van der Waals surface area contributed by atoms with Crippen LogP contribution in [0, 0.1) is 17.8 Å². The molecule has 0 bridgehead atoms. The lowest BCUT2D eigenvalue weighted by molar-refractivity contribution is -0.141. The standard InChI is InChI=1S/C20H29N3O3/c1-14(2)12-22-19(25)18(24)17-13-23(10-9-21-3)20(26)16(17)11-15-7-5-4-6-8-15/h4-8,14,16-17,21H,9-13H2,1-3H3,(H,22,25)/t16-,17+/m1/s1. The summed E-state index contributed by atoms with van der Waals surface area (Å²) < 4.78 is 0. The smallest absolute Gasteiger partial charge is 0.287 e. The SMILES string of the molecule is CNCCN1C[C@H](C(=O)C(=O)NCC(C)C)[C@@H](Cc2ccccc2)C1=O. The molecule has 1 aromatic rings. The molecule has 2 atom stereocenters. The van der Waals surface area contributed by atoms with E-state index in [2.05, 4.69) is 10.6 Å². The second-order valence-corrected chi connectivity index (χ2v) is 7.26. The van der Waals surface area contributed by atoms with Crippen molar-refractivity contribution >= 4 is 17.6 Å². The van der Waals surface area contributed by atoms with E-state index in [0.29, 0.717) is 32.6 Å². The van der Waals surface area contributed by atoms with Crippen LogP contribution in [0.4, 0.5) is 0 Å². The number of ketones is 1. The Bertz CT molecular complexity index is 630. The van der Waals surface area contributed by atoms with Crippen LogP contribution in [0.5, 0.6) is 0 Å². The van der Waals surface area contributed by atoms with Gasteiger partial charge in [-0.1, -0.05) is 44.2 Å². The summed E-state index contributed by atoms with van der Waals surface area (Å²) in [5, 5.41) is 5.71. The van der Waals surface area contributed by atoms with Crippen LogP contribution >= 0.6 is 0 Å². The van der Waals surface area contributed by atoms with Crippen molar-refractivity contribution in [2.24, 2.45) is 17.8 Å². The van der Waals surface area contributed by atoms with Crippen LogP contribution in [0.15, 0.2) is 30.3 Å². The molecule has 1 heterocycles. The molecule has 2 rings (SSSR count). The van der Waals surface area contributed by atoms with Gasteiger partial charge in [0.05, 0.1) is 11.8 Å². The molecule has 1 aromatic carbocycles. The first-order valence-corrected chi connectivity index (χ1v) is 9.23. The van der Waals surface area contributed by atoms with Crippen LogP contribution in [0.25, 0.3) is 0 Å². The second kappa shape index (κ2) is 9.48. The molecule has 2 N–H and O–H groups in total. The Morgan fingerprint density at radius 2 is 1.92 bits per heavy atom. The summed E-state index contributed by atoms with van der Waals surface area (Å²) in [4.78, 5) is 39.5. The molecule has 0 unspecified atom stereocenters. The van der Waals surface area contributed by atoms with Crippen LogP contribution < -0.4 is 10.6 Å². The average molecular weight is 359 g/mol. The first-order valence-electron chi connectivity index (χ1n) is 9.23. The number of likely N-dealkylation sites (N-methyl/N-ethyl adjacent to an activating group) is 1. The number of carbonyl (C=O) groups excluding carboxylic acids is 3. The Hall–Kier alpha value is -2.21. The van der Waals surface area contributed by atoms with Crippen molar-refractivity contribution in [3.05, 3.63) is 35.9 Å². The van der Waals surface area contributed by atoms with Crippen molar-refractivity contribution in [1.82, 2.24) is 15.5 Å². The van der Waals surface area contributed by atoms with E-state index >= 15 is 0 Å². The van der Waals surface area contributed by atoms with Crippen LogP contribution in [0.2, 0.25) is 0 Å². The number of hydrogen-bond donors (Lipinski definition) is 2. The molecule has 1 fully saturated rings. The summed E-state index contributed by atoms with van der Waals surface area (Å²) in [5.74, 6) is -1.90. The second-order valence-electron chi connectivity index (χ2n) is 7.26. The lowest BCUT2D eigenvalue weighted by atomic mass is 9.86. The maximum absolute atomic E-state index is 12.8. The molecule has 6 nitrogen and oxygen atoms in total. The zero-order chi connectivity index (χ0) is 19.1. The third kappa shape index (κ3) is 5.14. The zero-order valence-corrected chi connectivity index (χ0v) is 15.8. The van der Waals surface area contributed by atoms with E-state index in [1.807, 2.05) is 51.2 Å². The van der Waals surface area contributed by atoms with Gasteiger partial charge in [0.1, 0.15) is 0 Å². The van der Waals surface area contributed by atoms with Gasteiger partial charge in [0.2, 0.25) is 11.7 Å². The van der Waals surface area contributed by atoms with Gasteiger partial charge in [-0.05, 0) is 24.9 Å². The highest BCUT2D eigenvalue weighted by molar-refractivity contribution is 6.37. The highest BCUT2D eigenvalue weighted by Gasteiger charge is 2.45. The monoisotopic (exact) mass is 359 g/mol. The highest BCUT2D eigenvalue weighted by Crippen LogP contribution is 2.29. The molecular formula is C20H29N3O3. The molecule has 0 saturated carbocycles. The van der Waals surface area contributed by atoms with Crippen molar-refractivity contribution in [3.63, 3.8) is 0 Å². The predicted octanol–water partition coefficient (Wildman–Crippen LogP) is 0.864. The average Bonchev–Trinajstić information content (AvgIpc) is 2.94. The molecule has 1 aliphatic rings. The van der Waals surface area contributed by atoms with Gasteiger partial charge in [-0.2, -0.15) is 0 Å². The number of nitrogens with one attached hydrogen (secondary N) is 2. The van der Waals surface area contributed by atoms with Crippen LogP contribution in [-0.4, -0.2) is 55.7 Å². The van der Waals surface area contributed by atoms with E-state index in [4.69, 9.17) is 0 Å². The van der Waals surface area contributed by atoms with E-state index in [1.165, 1.54) is 0 Å². The zero-order valence-electron chi connectivity index (χ0n) is 15.8. The minimum absolute atomic E-state index is 0.0425. The largest absolute Gasteiger partial charge is 0.349 e. The van der Waals surface area contributed by atoms with Crippen molar-refractivity contribution in [1.29, 1.82) is 0 Å². The summed E-state index contributed by atoms with van der Waals surface area (Å²) in [7, 11) is 1.82. The fourth-order valence-corrected chi connectivity index (χ4v) is 3.23. The highest BCUT2D eigenvalue weighted by atomic mass is 16.2. The maximum Gasteiger partial charge on any atom is 0.287 e. The van der Waals surface area contributed by atoms with Crippen molar-refractivity contribution in [3.8, 4) is 0 Å². The van der Waals surface area contributed by atoms with Gasteiger partial charge in [0.15, 0.2) is 0 Å². The van der Waals surface area contributed by atoms with Gasteiger partial charge < -0.3 is 15.5 Å². The third-order valence-corrected chi connectivity index (χ3v) is 4.69. The summed E-state index contributed by atoms with van der Waals surface area (Å²) >= 11 is 0. The summed E-state index contributed by atoms with van der Waals surface area (Å²) in [6.45, 7) is 5.91. The molecule has 0 aromatic heterocycles. The quantitative estimate of drug-likeness (QED) is 0.641. The Morgan fingerprint density at radius 3 is 2.54 bits per heavy atom. The Kier molecular flexibility index (Phi) is 7.33. The molecule has 142 valence electrons. The van der Waals surface area contributed by atoms with Crippen molar-refractivity contribution < 1.29 is 14.4 Å². The van der Waals surface area contributed by atoms with Gasteiger partial charge >= 0.3 is 0 Å². The van der Waals surface area contributed by atoms with Gasteiger partial charge in [-0.15, -0.1) is 0 Å². The van der Waals surface area contributed by atoms with Crippen LogP contribution in [-0.2, 0) is 20.8 Å². The molecule has 1 aliphatic heterocycles. The Labute approximate surface area is 155 Å². The normalized spacial score (nSPS) is 19.8. The molecule has 26 heavy (non-hydrogen) atoms. The number of rotatable bonds is 9. The number of carbonyl (C=O) groups is 3. The first-order chi connectivity index (χ1) is 12.4. The molecular weight excluding hydrogens is 330 g/mol. The Morgan fingerprint density at radius 1 is 1.23 bits per heavy atom. The van der Waals surface area contributed by atoms with E-state index < -0.39 is 23.5 Å². The molecule has 1 saturated heterocycles. The van der Waals surface area contributed by atoms with Crippen LogP contribution in [0.3, 0.4) is 0 Å². The molecule has 0 radical (unpaired) electrons. The minimum Gasteiger partial charge on any atom is -0.349 e. The topological polar surface area (TPSA) is 78.5 Å². The first kappa shape index (κ1) is 20.1. The van der Waals surface area contributed by atoms with Crippen LogP contribution in [0.1, 0.15) is 19.4 Å². The molecule has 0 spiro atoms. The maximum atomic E-state index is 12.8. The van der Waals surface area contributed by atoms with Gasteiger partial charge in [0.25, 0.3) is 5.91 Å². The Balaban J connectivity index is 2.14. The number of benzene rings is 1.